The molecule has 0 bridgehead atoms. The number of hydrogen-bond acceptors (Lipinski definition) is 3. The first-order chi connectivity index (χ1) is 7.75. The summed E-state index contributed by atoms with van der Waals surface area (Å²) < 4.78 is 0. The topological polar surface area (TPSA) is 33.1 Å². The predicted octanol–water partition coefficient (Wildman–Crippen LogP) is 3.46. The monoisotopic (exact) mass is 253 g/mol. The molecular formula is C12H12ClNOS. The molecule has 0 aliphatic carbocycles. The van der Waals surface area contributed by atoms with Crippen molar-refractivity contribution in [2.24, 2.45) is 0 Å². The van der Waals surface area contributed by atoms with E-state index in [2.05, 4.69) is 4.98 Å². The number of nitrogens with zero attached hydrogens (tertiary/aromatic N) is 1. The molecule has 1 N–H and O–H groups in total. The minimum Gasteiger partial charge on any atom is -0.388 e. The molecule has 1 atom stereocenters. The van der Waals surface area contributed by atoms with Gasteiger partial charge in [0.25, 0.3) is 0 Å². The molecule has 1 aromatic carbocycles. The van der Waals surface area contributed by atoms with Gasteiger partial charge in [-0.05, 0) is 24.1 Å². The second-order valence-corrected chi connectivity index (χ2v) is 4.95. The zero-order chi connectivity index (χ0) is 11.4. The van der Waals surface area contributed by atoms with Gasteiger partial charge in [0.2, 0.25) is 0 Å². The standard InChI is InChI=1S/C12H12ClNOS/c13-10-3-1-9(2-4-10)11(15)5-6-12-14-7-8-16-12/h1-4,7-8,11,15H,5-6H2. The highest BCUT2D eigenvalue weighted by Crippen LogP contribution is 2.21. The van der Waals surface area contributed by atoms with E-state index in [-0.39, 0.29) is 0 Å². The summed E-state index contributed by atoms with van der Waals surface area (Å²) in [5.41, 5.74) is 0.904. The van der Waals surface area contributed by atoms with Crippen LogP contribution in [-0.2, 0) is 6.42 Å². The van der Waals surface area contributed by atoms with Crippen molar-refractivity contribution >= 4 is 22.9 Å². The number of aliphatic hydroxyl groups is 1. The molecular weight excluding hydrogens is 242 g/mol. The van der Waals surface area contributed by atoms with E-state index in [1.807, 2.05) is 17.5 Å². The average Bonchev–Trinajstić information content (AvgIpc) is 2.80. The van der Waals surface area contributed by atoms with Crippen LogP contribution in [-0.4, -0.2) is 10.1 Å². The number of aliphatic hydroxyl groups excluding tert-OH is 1. The fraction of sp³-hybridized carbons (Fsp3) is 0.250. The summed E-state index contributed by atoms with van der Waals surface area (Å²) in [5, 5.41) is 13.6. The van der Waals surface area contributed by atoms with E-state index in [1.165, 1.54) is 0 Å². The first-order valence-corrected chi connectivity index (χ1v) is 6.33. The van der Waals surface area contributed by atoms with Crippen molar-refractivity contribution in [3.8, 4) is 0 Å². The molecule has 16 heavy (non-hydrogen) atoms. The fourth-order valence-corrected chi connectivity index (χ4v) is 2.25. The van der Waals surface area contributed by atoms with Crippen molar-refractivity contribution in [3.63, 3.8) is 0 Å². The summed E-state index contributed by atoms with van der Waals surface area (Å²) in [7, 11) is 0. The number of halogens is 1. The van der Waals surface area contributed by atoms with E-state index in [9.17, 15) is 5.11 Å². The van der Waals surface area contributed by atoms with Gasteiger partial charge in [-0.3, -0.25) is 0 Å². The minimum absolute atomic E-state index is 0.443. The Kier molecular flexibility index (Phi) is 3.93. The van der Waals surface area contributed by atoms with Crippen LogP contribution in [0.4, 0.5) is 0 Å². The molecule has 2 rings (SSSR count). The van der Waals surface area contributed by atoms with Gasteiger partial charge in [0.15, 0.2) is 0 Å². The van der Waals surface area contributed by atoms with Crippen LogP contribution in [0.5, 0.6) is 0 Å². The van der Waals surface area contributed by atoms with Gasteiger partial charge in [-0.25, -0.2) is 4.98 Å². The maximum Gasteiger partial charge on any atom is 0.0925 e. The Morgan fingerprint density at radius 3 is 2.69 bits per heavy atom. The number of hydrogen-bond donors (Lipinski definition) is 1. The largest absolute Gasteiger partial charge is 0.388 e. The third-order valence-corrected chi connectivity index (χ3v) is 3.46. The Bertz CT molecular complexity index is 427. The molecule has 1 unspecified atom stereocenters. The van der Waals surface area contributed by atoms with Gasteiger partial charge >= 0.3 is 0 Å². The van der Waals surface area contributed by atoms with E-state index < -0.39 is 6.10 Å². The summed E-state index contributed by atoms with van der Waals surface area (Å²) >= 11 is 7.40. The third-order valence-electron chi connectivity index (χ3n) is 2.37. The molecule has 0 aliphatic heterocycles. The molecule has 0 amide bonds. The summed E-state index contributed by atoms with van der Waals surface area (Å²) in [6.07, 6.45) is 2.84. The summed E-state index contributed by atoms with van der Waals surface area (Å²) in [6.45, 7) is 0. The van der Waals surface area contributed by atoms with Crippen LogP contribution in [0.25, 0.3) is 0 Å². The fourth-order valence-electron chi connectivity index (χ4n) is 1.49. The van der Waals surface area contributed by atoms with Crippen molar-refractivity contribution in [1.82, 2.24) is 4.98 Å². The Hall–Kier alpha value is -0.900. The molecule has 0 radical (unpaired) electrons. The molecule has 0 saturated carbocycles. The van der Waals surface area contributed by atoms with Gasteiger partial charge < -0.3 is 5.11 Å². The highest BCUT2D eigenvalue weighted by molar-refractivity contribution is 7.09. The maximum absolute atomic E-state index is 9.94. The van der Waals surface area contributed by atoms with Crippen molar-refractivity contribution in [1.29, 1.82) is 0 Å². The van der Waals surface area contributed by atoms with Gasteiger partial charge in [-0.2, -0.15) is 0 Å². The van der Waals surface area contributed by atoms with Crippen molar-refractivity contribution in [3.05, 3.63) is 51.4 Å². The quantitative estimate of drug-likeness (QED) is 0.905. The summed E-state index contributed by atoms with van der Waals surface area (Å²) in [6, 6.07) is 7.30. The lowest BCUT2D eigenvalue weighted by Gasteiger charge is -2.09. The SMILES string of the molecule is OC(CCc1nccs1)c1ccc(Cl)cc1. The van der Waals surface area contributed by atoms with Crippen LogP contribution in [0.2, 0.25) is 5.02 Å². The maximum atomic E-state index is 9.94. The van der Waals surface area contributed by atoms with Crippen LogP contribution in [0.1, 0.15) is 23.1 Å². The van der Waals surface area contributed by atoms with E-state index in [0.717, 1.165) is 17.0 Å². The molecule has 0 spiro atoms. The predicted molar refractivity (Wildman–Crippen MR) is 66.8 cm³/mol. The Morgan fingerprint density at radius 2 is 2.06 bits per heavy atom. The van der Waals surface area contributed by atoms with E-state index in [0.29, 0.717) is 11.4 Å². The number of benzene rings is 1. The molecule has 84 valence electrons. The lowest BCUT2D eigenvalue weighted by Crippen LogP contribution is -1.99. The van der Waals surface area contributed by atoms with Crippen LogP contribution in [0, 0.1) is 0 Å². The second-order valence-electron chi connectivity index (χ2n) is 3.53. The third kappa shape index (κ3) is 3.04. The normalized spacial score (nSPS) is 12.6. The lowest BCUT2D eigenvalue weighted by molar-refractivity contribution is 0.168. The van der Waals surface area contributed by atoms with E-state index in [1.54, 1.807) is 29.7 Å². The smallest absolute Gasteiger partial charge is 0.0925 e. The minimum atomic E-state index is -0.443. The first-order valence-electron chi connectivity index (χ1n) is 5.07. The average molecular weight is 254 g/mol. The number of aryl methyl sites for hydroxylation is 1. The highest BCUT2D eigenvalue weighted by Gasteiger charge is 2.08. The van der Waals surface area contributed by atoms with Crippen molar-refractivity contribution < 1.29 is 5.11 Å². The van der Waals surface area contributed by atoms with E-state index >= 15 is 0 Å². The van der Waals surface area contributed by atoms with Crippen LogP contribution in [0.3, 0.4) is 0 Å². The van der Waals surface area contributed by atoms with Gasteiger partial charge in [0.1, 0.15) is 0 Å². The summed E-state index contributed by atoms with van der Waals surface area (Å²) in [4.78, 5) is 4.18. The summed E-state index contributed by atoms with van der Waals surface area (Å²) in [5.74, 6) is 0. The Morgan fingerprint density at radius 1 is 1.31 bits per heavy atom. The molecule has 0 saturated heterocycles. The van der Waals surface area contributed by atoms with Crippen molar-refractivity contribution in [2.75, 3.05) is 0 Å². The lowest BCUT2D eigenvalue weighted by atomic mass is 10.1. The second kappa shape index (κ2) is 5.43. The molecule has 2 aromatic rings. The highest BCUT2D eigenvalue weighted by atomic mass is 35.5. The van der Waals surface area contributed by atoms with Gasteiger partial charge in [0.05, 0.1) is 11.1 Å². The number of rotatable bonds is 4. The molecule has 4 heteroatoms. The Labute approximate surface area is 104 Å². The van der Waals surface area contributed by atoms with Gasteiger partial charge in [-0.15, -0.1) is 11.3 Å². The Balaban J connectivity index is 1.93. The first kappa shape index (κ1) is 11.6. The number of thiazole rings is 1. The molecule has 1 aromatic heterocycles. The van der Waals surface area contributed by atoms with Crippen molar-refractivity contribution in [2.45, 2.75) is 18.9 Å². The van der Waals surface area contributed by atoms with Gasteiger partial charge in [0, 0.05) is 23.0 Å². The van der Waals surface area contributed by atoms with Gasteiger partial charge in [-0.1, -0.05) is 23.7 Å². The van der Waals surface area contributed by atoms with Crippen LogP contribution in [0.15, 0.2) is 35.8 Å². The molecule has 0 fully saturated rings. The van der Waals surface area contributed by atoms with Crippen LogP contribution < -0.4 is 0 Å². The number of aromatic nitrogens is 1. The van der Waals surface area contributed by atoms with Crippen LogP contribution >= 0.6 is 22.9 Å². The molecule has 1 heterocycles. The molecule has 0 aliphatic rings. The zero-order valence-electron chi connectivity index (χ0n) is 8.64. The zero-order valence-corrected chi connectivity index (χ0v) is 10.2. The van der Waals surface area contributed by atoms with E-state index in [4.69, 9.17) is 11.6 Å². The molecule has 2 nitrogen and oxygen atoms in total.